The minimum absolute atomic E-state index is 0.385. The van der Waals surface area contributed by atoms with Crippen LogP contribution in [0.15, 0.2) is 66.2 Å². The summed E-state index contributed by atoms with van der Waals surface area (Å²) < 4.78 is 39.2. The Labute approximate surface area is 126 Å². The lowest BCUT2D eigenvalue weighted by atomic mass is 10.1. The van der Waals surface area contributed by atoms with E-state index in [-0.39, 0.29) is 0 Å². The Kier molecular flexibility index (Phi) is 4.94. The van der Waals surface area contributed by atoms with Crippen LogP contribution in [0.3, 0.4) is 0 Å². The van der Waals surface area contributed by atoms with Gasteiger partial charge in [-0.2, -0.15) is 13.2 Å². The Hall–Kier alpha value is -2.62. The molecule has 22 heavy (non-hydrogen) atoms. The molecule has 4 heteroatoms. The highest BCUT2D eigenvalue weighted by atomic mass is 19.4. The van der Waals surface area contributed by atoms with Crippen molar-refractivity contribution in [2.75, 3.05) is 0 Å². The zero-order valence-corrected chi connectivity index (χ0v) is 11.5. The minimum Gasteiger partial charge on any atom is -0.298 e. The molecule has 2 rings (SSSR count). The molecule has 0 aromatic heterocycles. The van der Waals surface area contributed by atoms with Gasteiger partial charge in [-0.3, -0.25) is 4.79 Å². The van der Waals surface area contributed by atoms with Gasteiger partial charge in [-0.1, -0.05) is 60.7 Å². The number of halogens is 3. The van der Waals surface area contributed by atoms with Crippen LogP contribution in [-0.4, -0.2) is 12.5 Å². The molecule has 2 aromatic carbocycles. The molecular weight excluding hydrogens is 289 g/mol. The van der Waals surface area contributed by atoms with Crippen LogP contribution in [-0.2, 0) is 0 Å². The van der Waals surface area contributed by atoms with Gasteiger partial charge in [0.2, 0.25) is 0 Å². The second-order valence-electron chi connectivity index (χ2n) is 4.63. The van der Waals surface area contributed by atoms with E-state index in [1.807, 2.05) is 0 Å². The Morgan fingerprint density at radius 1 is 0.818 bits per heavy atom. The van der Waals surface area contributed by atoms with Crippen molar-refractivity contribution < 1.29 is 18.0 Å². The highest BCUT2D eigenvalue weighted by Gasteiger charge is 2.31. The Morgan fingerprint density at radius 3 is 1.95 bits per heavy atom. The van der Waals surface area contributed by atoms with E-state index in [4.69, 9.17) is 0 Å². The van der Waals surface area contributed by atoms with E-state index in [0.29, 0.717) is 23.0 Å². The molecule has 0 amide bonds. The number of carbonyl (C=O) groups excluding carboxylic acids is 1. The summed E-state index contributed by atoms with van der Waals surface area (Å²) in [5.41, 5.74) is 0.741. The van der Waals surface area contributed by atoms with E-state index in [9.17, 15) is 18.0 Å². The van der Waals surface area contributed by atoms with Crippen LogP contribution >= 0.6 is 0 Å². The summed E-state index contributed by atoms with van der Waals surface area (Å²) in [6.45, 7) is 0. The number of hydrogen-bond acceptors (Lipinski definition) is 1. The normalized spacial score (nSPS) is 12.6. The molecule has 0 saturated carbocycles. The van der Waals surface area contributed by atoms with Crippen molar-refractivity contribution in [2.24, 2.45) is 0 Å². The molecule has 0 N–H and O–H groups in total. The highest BCUT2D eigenvalue weighted by Crippen LogP contribution is 2.29. The second-order valence-corrected chi connectivity index (χ2v) is 4.63. The van der Waals surface area contributed by atoms with Gasteiger partial charge in [-0.15, -0.1) is 0 Å². The molecule has 0 aliphatic rings. The first-order chi connectivity index (χ1) is 10.5. The molecule has 0 radical (unpaired) electrons. The van der Waals surface area contributed by atoms with Gasteiger partial charge >= 0.3 is 6.18 Å². The van der Waals surface area contributed by atoms with Crippen LogP contribution in [0.4, 0.5) is 13.2 Å². The van der Waals surface area contributed by atoms with Crippen LogP contribution in [0.2, 0.25) is 0 Å². The monoisotopic (exact) mass is 302 g/mol. The summed E-state index contributed by atoms with van der Waals surface area (Å²) >= 11 is 0. The standard InChI is InChI=1S/C18H13F3O/c19-18(20,21)17(11-10-14-4-2-1-3-5-14)12-15-6-8-16(13-22)9-7-15/h1-13H/b11-10+,17-12+. The van der Waals surface area contributed by atoms with Gasteiger partial charge < -0.3 is 0 Å². The third-order valence-electron chi connectivity index (χ3n) is 2.98. The quantitative estimate of drug-likeness (QED) is 0.563. The lowest BCUT2D eigenvalue weighted by Crippen LogP contribution is -2.09. The average Bonchev–Trinajstić information content (AvgIpc) is 2.52. The Bertz CT molecular complexity index is 681. The maximum Gasteiger partial charge on any atom is 0.416 e. The van der Waals surface area contributed by atoms with Crippen molar-refractivity contribution in [1.29, 1.82) is 0 Å². The van der Waals surface area contributed by atoms with E-state index in [1.165, 1.54) is 30.3 Å². The maximum atomic E-state index is 13.1. The van der Waals surface area contributed by atoms with Gasteiger partial charge in [-0.05, 0) is 23.3 Å². The fourth-order valence-electron chi connectivity index (χ4n) is 1.82. The number of rotatable bonds is 4. The number of carbonyl (C=O) groups is 1. The molecule has 1 nitrogen and oxygen atoms in total. The minimum atomic E-state index is -4.45. The van der Waals surface area contributed by atoms with E-state index in [2.05, 4.69) is 0 Å². The van der Waals surface area contributed by atoms with Crippen LogP contribution in [0, 0.1) is 0 Å². The molecule has 0 aliphatic heterocycles. The largest absolute Gasteiger partial charge is 0.416 e. The number of aldehydes is 1. The van der Waals surface area contributed by atoms with Gasteiger partial charge in [-0.25, -0.2) is 0 Å². The van der Waals surface area contributed by atoms with Crippen molar-refractivity contribution in [3.8, 4) is 0 Å². The summed E-state index contributed by atoms with van der Waals surface area (Å²) in [7, 11) is 0. The van der Waals surface area contributed by atoms with Gasteiger partial charge in [0.25, 0.3) is 0 Å². The molecule has 0 unspecified atom stereocenters. The topological polar surface area (TPSA) is 17.1 Å². The SMILES string of the molecule is O=Cc1ccc(/C=C(\C=C\c2ccccc2)C(F)(F)F)cc1. The molecule has 0 aliphatic carbocycles. The average molecular weight is 302 g/mol. The number of alkyl halides is 3. The zero-order valence-electron chi connectivity index (χ0n) is 11.5. The molecule has 0 atom stereocenters. The zero-order chi connectivity index (χ0) is 16.0. The van der Waals surface area contributed by atoms with Crippen molar-refractivity contribution >= 4 is 18.4 Å². The molecular formula is C18H13F3O. The van der Waals surface area contributed by atoms with Gasteiger partial charge in [0.1, 0.15) is 6.29 Å². The summed E-state index contributed by atoms with van der Waals surface area (Å²) in [5, 5.41) is 0. The van der Waals surface area contributed by atoms with Crippen LogP contribution < -0.4 is 0 Å². The predicted molar refractivity (Wildman–Crippen MR) is 81.3 cm³/mol. The highest BCUT2D eigenvalue weighted by molar-refractivity contribution is 5.75. The lowest BCUT2D eigenvalue weighted by Gasteiger charge is -2.08. The van der Waals surface area contributed by atoms with Crippen molar-refractivity contribution in [2.45, 2.75) is 6.18 Å². The van der Waals surface area contributed by atoms with E-state index in [1.54, 1.807) is 30.3 Å². The maximum absolute atomic E-state index is 13.1. The Balaban J connectivity index is 2.31. The Morgan fingerprint density at radius 2 is 1.41 bits per heavy atom. The molecule has 0 saturated heterocycles. The molecule has 0 fully saturated rings. The second kappa shape index (κ2) is 6.89. The summed E-state index contributed by atoms with van der Waals surface area (Å²) in [5.74, 6) is 0. The fraction of sp³-hybridized carbons (Fsp3) is 0.0556. The lowest BCUT2D eigenvalue weighted by molar-refractivity contribution is -0.0872. The number of hydrogen-bond donors (Lipinski definition) is 0. The van der Waals surface area contributed by atoms with Crippen LogP contribution in [0.5, 0.6) is 0 Å². The third-order valence-corrected chi connectivity index (χ3v) is 2.98. The van der Waals surface area contributed by atoms with E-state index in [0.717, 1.165) is 12.2 Å². The molecule has 0 bridgehead atoms. The first kappa shape index (κ1) is 15.8. The van der Waals surface area contributed by atoms with Crippen molar-refractivity contribution in [3.05, 3.63) is 82.9 Å². The molecule has 0 heterocycles. The fourth-order valence-corrected chi connectivity index (χ4v) is 1.82. The molecule has 112 valence electrons. The summed E-state index contributed by atoms with van der Waals surface area (Å²) in [6, 6.07) is 14.7. The first-order valence-electron chi connectivity index (χ1n) is 6.56. The van der Waals surface area contributed by atoms with Crippen LogP contribution in [0.25, 0.3) is 12.2 Å². The number of allylic oxidation sites excluding steroid dienone is 2. The van der Waals surface area contributed by atoms with Gasteiger partial charge in [0.05, 0.1) is 5.57 Å². The van der Waals surface area contributed by atoms with Crippen LogP contribution in [0.1, 0.15) is 21.5 Å². The predicted octanol–water partition coefficient (Wildman–Crippen LogP) is 5.16. The van der Waals surface area contributed by atoms with Gasteiger partial charge in [0, 0.05) is 5.56 Å². The van der Waals surface area contributed by atoms with Gasteiger partial charge in [0.15, 0.2) is 0 Å². The van der Waals surface area contributed by atoms with Crippen molar-refractivity contribution in [3.63, 3.8) is 0 Å². The van der Waals surface area contributed by atoms with E-state index < -0.39 is 11.7 Å². The molecule has 2 aromatic rings. The molecule has 0 spiro atoms. The first-order valence-corrected chi connectivity index (χ1v) is 6.56. The third kappa shape index (κ3) is 4.45. The van der Waals surface area contributed by atoms with E-state index >= 15 is 0 Å². The number of benzene rings is 2. The van der Waals surface area contributed by atoms with Crippen molar-refractivity contribution in [1.82, 2.24) is 0 Å². The summed E-state index contributed by atoms with van der Waals surface area (Å²) in [6.07, 6.45) is -0.293. The summed E-state index contributed by atoms with van der Waals surface area (Å²) in [4.78, 5) is 10.6. The smallest absolute Gasteiger partial charge is 0.298 e.